The van der Waals surface area contributed by atoms with Crippen molar-refractivity contribution in [3.05, 3.63) is 35.0 Å². The van der Waals surface area contributed by atoms with E-state index in [2.05, 4.69) is 6.92 Å². The molecule has 0 aliphatic heterocycles. The first-order valence-corrected chi connectivity index (χ1v) is 7.41. The van der Waals surface area contributed by atoms with E-state index in [1.807, 2.05) is 24.3 Å². The maximum atomic E-state index is 10.8. The van der Waals surface area contributed by atoms with Crippen molar-refractivity contribution < 1.29 is 9.52 Å². The zero-order chi connectivity index (χ0) is 13.5. The van der Waals surface area contributed by atoms with Gasteiger partial charge in [0.15, 0.2) is 5.58 Å². The standard InChI is InChI=1S/C16H19ClO2/c1-2-11-6-8-16(18,9-7-11)14-10-12-4-3-5-13(17)15(12)19-14/h3-5,10-11,18H,2,6-9H2,1H3. The first kappa shape index (κ1) is 13.0. The monoisotopic (exact) mass is 278 g/mol. The van der Waals surface area contributed by atoms with E-state index < -0.39 is 5.60 Å². The first-order valence-electron chi connectivity index (χ1n) is 7.03. The highest BCUT2D eigenvalue weighted by Crippen LogP contribution is 2.42. The van der Waals surface area contributed by atoms with Crippen LogP contribution >= 0.6 is 11.6 Å². The van der Waals surface area contributed by atoms with Crippen LogP contribution in [0.15, 0.2) is 28.7 Å². The Labute approximate surface area is 118 Å². The topological polar surface area (TPSA) is 33.4 Å². The number of rotatable bonds is 2. The van der Waals surface area contributed by atoms with Crippen LogP contribution in [0.25, 0.3) is 11.0 Å². The number of benzene rings is 1. The van der Waals surface area contributed by atoms with Crippen LogP contribution in [0.3, 0.4) is 0 Å². The Morgan fingerprint density at radius 2 is 2.11 bits per heavy atom. The maximum absolute atomic E-state index is 10.8. The molecular weight excluding hydrogens is 260 g/mol. The number of furan rings is 1. The van der Waals surface area contributed by atoms with Crippen molar-refractivity contribution in [3.8, 4) is 0 Å². The Kier molecular flexibility index (Phi) is 3.32. The Bertz CT molecular complexity index is 579. The number of halogens is 1. The van der Waals surface area contributed by atoms with Gasteiger partial charge >= 0.3 is 0 Å². The second-order valence-electron chi connectivity index (χ2n) is 5.65. The molecule has 2 aromatic rings. The third-order valence-corrected chi connectivity index (χ3v) is 4.76. The van der Waals surface area contributed by atoms with E-state index in [0.717, 1.165) is 37.0 Å². The molecule has 19 heavy (non-hydrogen) atoms. The third kappa shape index (κ3) is 2.28. The van der Waals surface area contributed by atoms with Crippen molar-refractivity contribution in [1.82, 2.24) is 0 Å². The molecule has 1 aliphatic rings. The molecule has 1 fully saturated rings. The van der Waals surface area contributed by atoms with Crippen molar-refractivity contribution in [2.75, 3.05) is 0 Å². The zero-order valence-corrected chi connectivity index (χ0v) is 11.9. The summed E-state index contributed by atoms with van der Waals surface area (Å²) in [5.41, 5.74) is -0.126. The lowest BCUT2D eigenvalue weighted by molar-refractivity contribution is -0.0312. The predicted molar refractivity (Wildman–Crippen MR) is 77.4 cm³/mol. The van der Waals surface area contributed by atoms with Gasteiger partial charge in [0.25, 0.3) is 0 Å². The van der Waals surface area contributed by atoms with Gasteiger partial charge in [-0.15, -0.1) is 0 Å². The second kappa shape index (κ2) is 4.84. The van der Waals surface area contributed by atoms with E-state index in [1.165, 1.54) is 6.42 Å². The molecule has 3 rings (SSSR count). The SMILES string of the molecule is CCC1CCC(O)(c2cc3cccc(Cl)c3o2)CC1. The van der Waals surface area contributed by atoms with Gasteiger partial charge in [0.2, 0.25) is 0 Å². The molecule has 0 spiro atoms. The summed E-state index contributed by atoms with van der Waals surface area (Å²) < 4.78 is 5.83. The van der Waals surface area contributed by atoms with E-state index in [0.29, 0.717) is 16.4 Å². The summed E-state index contributed by atoms with van der Waals surface area (Å²) in [6, 6.07) is 7.62. The minimum atomic E-state index is -0.811. The fraction of sp³-hybridized carbons (Fsp3) is 0.500. The Balaban J connectivity index is 1.93. The van der Waals surface area contributed by atoms with Crippen LogP contribution in [0.1, 0.15) is 44.8 Å². The molecule has 1 heterocycles. The summed E-state index contributed by atoms with van der Waals surface area (Å²) in [6.45, 7) is 2.22. The molecule has 102 valence electrons. The summed E-state index contributed by atoms with van der Waals surface area (Å²) in [5.74, 6) is 1.42. The Hall–Kier alpha value is -0.990. The Morgan fingerprint density at radius 3 is 2.74 bits per heavy atom. The van der Waals surface area contributed by atoms with Crippen LogP contribution in [-0.4, -0.2) is 5.11 Å². The van der Waals surface area contributed by atoms with Crippen LogP contribution in [-0.2, 0) is 5.60 Å². The summed E-state index contributed by atoms with van der Waals surface area (Å²) >= 11 is 6.12. The molecule has 1 N–H and O–H groups in total. The molecule has 0 amide bonds. The van der Waals surface area contributed by atoms with Crippen LogP contribution in [0.5, 0.6) is 0 Å². The summed E-state index contributed by atoms with van der Waals surface area (Å²) in [6.07, 6.45) is 4.89. The number of aliphatic hydroxyl groups is 1. The lowest BCUT2D eigenvalue weighted by Crippen LogP contribution is -2.30. The highest BCUT2D eigenvalue weighted by Gasteiger charge is 2.37. The molecule has 1 aromatic heterocycles. The molecule has 0 atom stereocenters. The molecule has 0 unspecified atom stereocenters. The van der Waals surface area contributed by atoms with Gasteiger partial charge in [-0.05, 0) is 43.7 Å². The fourth-order valence-corrected chi connectivity index (χ4v) is 3.29. The third-order valence-electron chi connectivity index (χ3n) is 4.46. The van der Waals surface area contributed by atoms with Crippen molar-refractivity contribution in [3.63, 3.8) is 0 Å². The van der Waals surface area contributed by atoms with E-state index in [1.54, 1.807) is 0 Å². The molecule has 0 radical (unpaired) electrons. The Morgan fingerprint density at radius 1 is 1.37 bits per heavy atom. The van der Waals surface area contributed by atoms with E-state index in [9.17, 15) is 5.11 Å². The largest absolute Gasteiger partial charge is 0.456 e. The smallest absolute Gasteiger partial charge is 0.153 e. The highest BCUT2D eigenvalue weighted by molar-refractivity contribution is 6.34. The second-order valence-corrected chi connectivity index (χ2v) is 6.06. The van der Waals surface area contributed by atoms with Crippen LogP contribution in [0.2, 0.25) is 5.02 Å². The van der Waals surface area contributed by atoms with Gasteiger partial charge in [-0.2, -0.15) is 0 Å². The highest BCUT2D eigenvalue weighted by atomic mass is 35.5. The summed E-state index contributed by atoms with van der Waals surface area (Å²) in [7, 11) is 0. The molecule has 1 aliphatic carbocycles. The molecular formula is C16H19ClO2. The molecule has 2 nitrogen and oxygen atoms in total. The maximum Gasteiger partial charge on any atom is 0.153 e. The van der Waals surface area contributed by atoms with Crippen molar-refractivity contribution in [2.45, 2.75) is 44.6 Å². The predicted octanol–water partition coefficient (Wildman–Crippen LogP) is 4.87. The molecule has 0 bridgehead atoms. The van der Waals surface area contributed by atoms with Gasteiger partial charge in [0, 0.05) is 5.39 Å². The van der Waals surface area contributed by atoms with Gasteiger partial charge in [0.1, 0.15) is 11.4 Å². The number of fused-ring (bicyclic) bond motifs is 1. The van der Waals surface area contributed by atoms with Crippen LogP contribution in [0.4, 0.5) is 0 Å². The number of para-hydroxylation sites is 1. The average Bonchev–Trinajstić information content (AvgIpc) is 2.86. The summed E-state index contributed by atoms with van der Waals surface area (Å²) in [4.78, 5) is 0. The average molecular weight is 279 g/mol. The molecule has 3 heteroatoms. The fourth-order valence-electron chi connectivity index (χ4n) is 3.07. The van der Waals surface area contributed by atoms with Gasteiger partial charge in [-0.3, -0.25) is 0 Å². The summed E-state index contributed by atoms with van der Waals surface area (Å²) in [5, 5.41) is 12.4. The van der Waals surface area contributed by atoms with E-state index in [-0.39, 0.29) is 0 Å². The van der Waals surface area contributed by atoms with Gasteiger partial charge in [-0.1, -0.05) is 37.1 Å². The number of hydrogen-bond donors (Lipinski definition) is 1. The van der Waals surface area contributed by atoms with Crippen LogP contribution < -0.4 is 0 Å². The minimum absolute atomic E-state index is 0.606. The zero-order valence-electron chi connectivity index (χ0n) is 11.2. The minimum Gasteiger partial charge on any atom is -0.456 e. The first-order chi connectivity index (χ1) is 9.12. The van der Waals surface area contributed by atoms with Gasteiger partial charge in [-0.25, -0.2) is 0 Å². The lowest BCUT2D eigenvalue weighted by atomic mass is 9.76. The van der Waals surface area contributed by atoms with Crippen molar-refractivity contribution in [2.24, 2.45) is 5.92 Å². The van der Waals surface area contributed by atoms with Gasteiger partial charge < -0.3 is 9.52 Å². The van der Waals surface area contributed by atoms with E-state index >= 15 is 0 Å². The van der Waals surface area contributed by atoms with Crippen LogP contribution in [0, 0.1) is 5.92 Å². The molecule has 0 saturated heterocycles. The lowest BCUT2D eigenvalue weighted by Gasteiger charge is -2.34. The quantitative estimate of drug-likeness (QED) is 0.850. The van der Waals surface area contributed by atoms with E-state index in [4.69, 9.17) is 16.0 Å². The van der Waals surface area contributed by atoms with Crippen molar-refractivity contribution >= 4 is 22.6 Å². The van der Waals surface area contributed by atoms with Crippen molar-refractivity contribution in [1.29, 1.82) is 0 Å². The normalized spacial score (nSPS) is 27.8. The number of hydrogen-bond acceptors (Lipinski definition) is 2. The molecule has 1 aromatic carbocycles. The van der Waals surface area contributed by atoms with Gasteiger partial charge in [0.05, 0.1) is 5.02 Å². The molecule has 1 saturated carbocycles.